The largest absolute Gasteiger partial charge is 0.591 e. The Morgan fingerprint density at radius 1 is 1.14 bits per heavy atom. The first-order chi connectivity index (χ1) is 2.00. The van der Waals surface area contributed by atoms with Gasteiger partial charge in [-0.25, -0.2) is 4.57 Å². The van der Waals surface area contributed by atoms with Crippen molar-refractivity contribution in [2.45, 2.75) is 0 Å². The summed E-state index contributed by atoms with van der Waals surface area (Å²) in [6.45, 7) is 0. The van der Waals surface area contributed by atoms with E-state index < -0.39 is 8.07 Å². The SMILES string of the molecule is O=P(F)(F)F.[Mn].[Na]. The van der Waals surface area contributed by atoms with Crippen molar-refractivity contribution in [3.05, 3.63) is 0 Å². The quantitative estimate of drug-likeness (QED) is 0.410. The number of halogens is 3. The van der Waals surface area contributed by atoms with Gasteiger partial charge in [0.25, 0.3) is 0 Å². The fourth-order valence-electron chi connectivity index (χ4n) is 0. The zero-order valence-corrected chi connectivity index (χ0v) is 7.44. The summed E-state index contributed by atoms with van der Waals surface area (Å²) in [7, 11) is -6.14. The molecule has 40 valence electrons. The molecule has 0 aliphatic heterocycles. The molecule has 1 nitrogen and oxygen atoms in total. The van der Waals surface area contributed by atoms with Gasteiger partial charge in [0.05, 0.1) is 0 Å². The van der Waals surface area contributed by atoms with Gasteiger partial charge >= 0.3 is 8.07 Å². The van der Waals surface area contributed by atoms with E-state index in [2.05, 4.69) is 0 Å². The van der Waals surface area contributed by atoms with E-state index in [0.29, 0.717) is 0 Å². The molecule has 2 radical (unpaired) electrons. The summed E-state index contributed by atoms with van der Waals surface area (Å²) in [5, 5.41) is 0. The van der Waals surface area contributed by atoms with Crippen LogP contribution in [-0.4, -0.2) is 29.6 Å². The van der Waals surface area contributed by atoms with Crippen LogP contribution in [0.2, 0.25) is 0 Å². The minimum absolute atomic E-state index is 0. The van der Waals surface area contributed by atoms with Gasteiger partial charge in [0, 0.05) is 46.6 Å². The molecular formula is F3MnNaOP. The van der Waals surface area contributed by atoms with Gasteiger partial charge in [-0.3, -0.25) is 0 Å². The van der Waals surface area contributed by atoms with Gasteiger partial charge in [-0.05, 0) is 0 Å². The molecule has 0 atom stereocenters. The Balaban J connectivity index is -0.0000000800. The molecule has 7 heavy (non-hydrogen) atoms. The van der Waals surface area contributed by atoms with Crippen molar-refractivity contribution in [1.82, 2.24) is 0 Å². The third kappa shape index (κ3) is 97.6. The molecule has 0 saturated carbocycles. The van der Waals surface area contributed by atoms with Crippen LogP contribution < -0.4 is 0 Å². The zero-order valence-electron chi connectivity index (χ0n) is 3.37. The molecule has 0 bridgehead atoms. The average molecular weight is 182 g/mol. The van der Waals surface area contributed by atoms with E-state index in [-0.39, 0.29) is 46.6 Å². The van der Waals surface area contributed by atoms with E-state index >= 15 is 0 Å². The molecule has 0 heterocycles. The second-order valence-corrected chi connectivity index (χ2v) is 1.20. The van der Waals surface area contributed by atoms with Crippen molar-refractivity contribution in [3.8, 4) is 0 Å². The normalized spacial score (nSPS) is 8.43. The van der Waals surface area contributed by atoms with E-state index in [4.69, 9.17) is 4.57 Å². The Morgan fingerprint density at radius 3 is 1.14 bits per heavy atom. The van der Waals surface area contributed by atoms with E-state index in [0.717, 1.165) is 0 Å². The predicted octanol–water partition coefficient (Wildman–Crippen LogP) is 1.62. The summed E-state index contributed by atoms with van der Waals surface area (Å²) in [5.41, 5.74) is 0. The molecule has 7 heteroatoms. The van der Waals surface area contributed by atoms with Gasteiger partial charge in [0.1, 0.15) is 0 Å². The Bertz CT molecular complexity index is 61.1. The molecule has 0 aromatic heterocycles. The van der Waals surface area contributed by atoms with E-state index in [9.17, 15) is 12.6 Å². The first-order valence-electron chi connectivity index (χ1n) is 0.690. The fraction of sp³-hybridized carbons (Fsp3) is 0. The number of rotatable bonds is 0. The summed E-state index contributed by atoms with van der Waals surface area (Å²) in [6, 6.07) is 0. The van der Waals surface area contributed by atoms with Crippen molar-refractivity contribution < 1.29 is 34.2 Å². The Morgan fingerprint density at radius 2 is 1.14 bits per heavy atom. The molecular weight excluding hydrogens is 182 g/mol. The molecule has 0 unspecified atom stereocenters. The fourth-order valence-corrected chi connectivity index (χ4v) is 0. The van der Waals surface area contributed by atoms with E-state index in [1.54, 1.807) is 0 Å². The van der Waals surface area contributed by atoms with Crippen LogP contribution in [-0.2, 0) is 21.6 Å². The third-order valence-corrected chi connectivity index (χ3v) is 0. The molecule has 0 spiro atoms. The molecule has 0 aliphatic carbocycles. The monoisotopic (exact) mass is 182 g/mol. The van der Waals surface area contributed by atoms with Crippen LogP contribution in [0.4, 0.5) is 12.6 Å². The van der Waals surface area contributed by atoms with Crippen LogP contribution in [0.25, 0.3) is 0 Å². The van der Waals surface area contributed by atoms with Crippen molar-refractivity contribution in [3.63, 3.8) is 0 Å². The summed E-state index contributed by atoms with van der Waals surface area (Å²) in [5.74, 6) is 0. The van der Waals surface area contributed by atoms with Gasteiger partial charge < -0.3 is 0 Å². The minimum Gasteiger partial charge on any atom is -0.215 e. The predicted molar refractivity (Wildman–Crippen MR) is 16.7 cm³/mol. The Labute approximate surface area is 71.5 Å². The van der Waals surface area contributed by atoms with Crippen LogP contribution in [0.5, 0.6) is 0 Å². The molecule has 0 rings (SSSR count). The second-order valence-electron chi connectivity index (χ2n) is 0.399. The number of hydrogen-bond acceptors (Lipinski definition) is 1. The summed E-state index contributed by atoms with van der Waals surface area (Å²) in [6.07, 6.45) is 0. The molecule has 0 aliphatic rings. The van der Waals surface area contributed by atoms with Gasteiger partial charge in [-0.2, -0.15) is 0 Å². The van der Waals surface area contributed by atoms with Crippen molar-refractivity contribution in [2.75, 3.05) is 0 Å². The first kappa shape index (κ1) is 15.8. The Hall–Kier alpha value is 1.54. The van der Waals surface area contributed by atoms with Gasteiger partial charge in [-0.1, -0.05) is 0 Å². The summed E-state index contributed by atoms with van der Waals surface area (Å²) >= 11 is 0. The van der Waals surface area contributed by atoms with E-state index in [1.807, 2.05) is 0 Å². The van der Waals surface area contributed by atoms with Gasteiger partial charge in [0.2, 0.25) is 0 Å². The zero-order chi connectivity index (χ0) is 4.50. The van der Waals surface area contributed by atoms with Crippen LogP contribution in [0.15, 0.2) is 0 Å². The maximum absolute atomic E-state index is 9.91. The third-order valence-electron chi connectivity index (χ3n) is 0. The topological polar surface area (TPSA) is 17.1 Å². The van der Waals surface area contributed by atoms with Gasteiger partial charge in [0.15, 0.2) is 0 Å². The van der Waals surface area contributed by atoms with Crippen molar-refractivity contribution >= 4 is 37.6 Å². The Kier molecular flexibility index (Phi) is 12.8. The average Bonchev–Trinajstić information content (AvgIpc) is 0.722. The second kappa shape index (κ2) is 5.67. The summed E-state index contributed by atoms with van der Waals surface area (Å²) in [4.78, 5) is 0. The molecule has 0 N–H and O–H groups in total. The van der Waals surface area contributed by atoms with Crippen molar-refractivity contribution in [1.29, 1.82) is 0 Å². The molecule has 0 amide bonds. The van der Waals surface area contributed by atoms with Gasteiger partial charge in [-0.15, -0.1) is 12.6 Å². The molecule has 0 aromatic rings. The molecule has 0 saturated heterocycles. The maximum Gasteiger partial charge on any atom is 0.591 e. The molecule has 0 fully saturated rings. The standard InChI is InChI=1S/F3OP.Mn.Na/c1-5(2,3)4;;. The minimum atomic E-state index is -6.14. The van der Waals surface area contributed by atoms with Crippen LogP contribution in [0.3, 0.4) is 0 Å². The van der Waals surface area contributed by atoms with Crippen molar-refractivity contribution in [2.24, 2.45) is 0 Å². The van der Waals surface area contributed by atoms with Crippen LogP contribution in [0.1, 0.15) is 0 Å². The first-order valence-corrected chi connectivity index (χ1v) is 2.07. The van der Waals surface area contributed by atoms with E-state index in [1.165, 1.54) is 0 Å². The molecule has 0 aromatic carbocycles. The summed E-state index contributed by atoms with van der Waals surface area (Å²) < 4.78 is 37.9. The smallest absolute Gasteiger partial charge is 0.215 e. The number of hydrogen-bond donors (Lipinski definition) is 0. The van der Waals surface area contributed by atoms with Crippen LogP contribution in [0, 0.1) is 0 Å². The van der Waals surface area contributed by atoms with Crippen LogP contribution >= 0.6 is 8.07 Å². The maximum atomic E-state index is 9.91.